The number of hydrogen-bond acceptors (Lipinski definition) is 4. The van der Waals surface area contributed by atoms with E-state index in [0.717, 1.165) is 11.3 Å². The number of carbonyl (C=O) groups excluding carboxylic acids is 3. The number of thiophene rings is 1. The Morgan fingerprint density at radius 3 is 2.79 bits per heavy atom. The highest BCUT2D eigenvalue weighted by molar-refractivity contribution is 7.10. The van der Waals surface area contributed by atoms with Crippen molar-refractivity contribution in [3.63, 3.8) is 0 Å². The first-order chi connectivity index (χ1) is 11.7. The molecule has 2 aromatic rings. The molecule has 0 spiro atoms. The van der Waals surface area contributed by atoms with Gasteiger partial charge in [-0.2, -0.15) is 0 Å². The van der Waals surface area contributed by atoms with Crippen LogP contribution in [-0.4, -0.2) is 35.2 Å². The van der Waals surface area contributed by atoms with Gasteiger partial charge >= 0.3 is 0 Å². The number of carbonyl (C=O) groups is 3. The van der Waals surface area contributed by atoms with E-state index in [1.54, 1.807) is 29.2 Å². The van der Waals surface area contributed by atoms with Gasteiger partial charge in [-0.25, -0.2) is 4.90 Å². The number of para-hydroxylation sites is 1. The fourth-order valence-corrected chi connectivity index (χ4v) is 4.13. The summed E-state index contributed by atoms with van der Waals surface area (Å²) >= 11 is 1.49. The average molecular weight is 340 g/mol. The normalized spacial score (nSPS) is 19.9. The predicted molar refractivity (Wildman–Crippen MR) is 91.0 cm³/mol. The molecular weight excluding hydrogens is 324 g/mol. The van der Waals surface area contributed by atoms with Gasteiger partial charge in [-0.3, -0.25) is 14.4 Å². The quantitative estimate of drug-likeness (QED) is 0.844. The van der Waals surface area contributed by atoms with E-state index in [1.807, 2.05) is 17.5 Å². The van der Waals surface area contributed by atoms with Gasteiger partial charge in [0.25, 0.3) is 11.8 Å². The van der Waals surface area contributed by atoms with Crippen molar-refractivity contribution in [2.24, 2.45) is 0 Å². The summed E-state index contributed by atoms with van der Waals surface area (Å²) in [6.07, 6.45) is 1.57. The molecule has 6 heteroatoms. The first-order valence-corrected chi connectivity index (χ1v) is 8.84. The van der Waals surface area contributed by atoms with Crippen LogP contribution in [0.4, 0.5) is 5.69 Å². The molecule has 1 fully saturated rings. The molecule has 1 atom stereocenters. The molecule has 4 rings (SSSR count). The van der Waals surface area contributed by atoms with Crippen LogP contribution in [0, 0.1) is 0 Å². The third kappa shape index (κ3) is 2.34. The summed E-state index contributed by atoms with van der Waals surface area (Å²) in [6, 6.07) is 10.1. The lowest BCUT2D eigenvalue weighted by atomic mass is 10.1. The Morgan fingerprint density at radius 2 is 2.00 bits per heavy atom. The Morgan fingerprint density at radius 1 is 1.17 bits per heavy atom. The Bertz CT molecular complexity index is 815. The zero-order valence-electron chi connectivity index (χ0n) is 13.0. The van der Waals surface area contributed by atoms with E-state index in [2.05, 4.69) is 0 Å². The van der Waals surface area contributed by atoms with Crippen LogP contribution in [0.3, 0.4) is 0 Å². The van der Waals surface area contributed by atoms with Crippen LogP contribution >= 0.6 is 11.3 Å². The molecule has 24 heavy (non-hydrogen) atoms. The fourth-order valence-electron chi connectivity index (χ4n) is 3.44. The lowest BCUT2D eigenvalue weighted by molar-refractivity contribution is -0.128. The van der Waals surface area contributed by atoms with Crippen LogP contribution in [0.5, 0.6) is 0 Å². The standard InChI is InChI=1S/C18H16N2O3S/c21-16(11-12-5-4-10-24-12)20-14-7-2-1-6-13(14)17(22)19-9-3-8-15(19)18(20)23/h1-2,4-7,10,15H,3,8-9,11H2/t15-/m1/s1. The fraction of sp³-hybridized carbons (Fsp3) is 0.278. The maximum absolute atomic E-state index is 13.0. The predicted octanol–water partition coefficient (Wildman–Crippen LogP) is 2.47. The summed E-state index contributed by atoms with van der Waals surface area (Å²) < 4.78 is 0. The maximum atomic E-state index is 13.0. The van der Waals surface area contributed by atoms with Gasteiger partial charge < -0.3 is 4.90 Å². The van der Waals surface area contributed by atoms with Crippen molar-refractivity contribution >= 4 is 34.7 Å². The highest BCUT2D eigenvalue weighted by Crippen LogP contribution is 2.32. The van der Waals surface area contributed by atoms with Crippen LogP contribution in [-0.2, 0) is 16.0 Å². The lowest BCUT2D eigenvalue weighted by Crippen LogP contribution is -2.47. The molecule has 122 valence electrons. The van der Waals surface area contributed by atoms with Crippen LogP contribution in [0.25, 0.3) is 0 Å². The van der Waals surface area contributed by atoms with Gasteiger partial charge in [0.05, 0.1) is 17.7 Å². The van der Waals surface area contributed by atoms with Crippen molar-refractivity contribution in [1.29, 1.82) is 0 Å². The molecule has 3 amide bonds. The minimum atomic E-state index is -0.530. The van der Waals surface area contributed by atoms with Crippen LogP contribution < -0.4 is 4.90 Å². The highest BCUT2D eigenvalue weighted by Gasteiger charge is 2.43. The van der Waals surface area contributed by atoms with Crippen molar-refractivity contribution in [2.75, 3.05) is 11.4 Å². The Balaban J connectivity index is 1.78. The van der Waals surface area contributed by atoms with E-state index in [4.69, 9.17) is 0 Å². The number of hydrogen-bond donors (Lipinski definition) is 0. The molecule has 1 aromatic heterocycles. The molecule has 2 aliphatic rings. The second-order valence-electron chi connectivity index (χ2n) is 6.00. The maximum Gasteiger partial charge on any atom is 0.256 e. The van der Waals surface area contributed by atoms with Crippen molar-refractivity contribution in [3.05, 3.63) is 52.2 Å². The number of imide groups is 1. The number of fused-ring (bicyclic) bond motifs is 2. The Hall–Kier alpha value is -2.47. The lowest BCUT2D eigenvalue weighted by Gasteiger charge is -2.24. The van der Waals surface area contributed by atoms with Crippen LogP contribution in [0.1, 0.15) is 28.1 Å². The van der Waals surface area contributed by atoms with Gasteiger partial charge in [0.15, 0.2) is 0 Å². The zero-order valence-corrected chi connectivity index (χ0v) is 13.8. The van der Waals surface area contributed by atoms with E-state index >= 15 is 0 Å². The molecule has 0 unspecified atom stereocenters. The molecular formula is C18H16N2O3S. The molecule has 2 aliphatic heterocycles. The van der Waals surface area contributed by atoms with E-state index in [1.165, 1.54) is 16.2 Å². The summed E-state index contributed by atoms with van der Waals surface area (Å²) in [4.78, 5) is 42.4. The second kappa shape index (κ2) is 5.87. The first-order valence-electron chi connectivity index (χ1n) is 7.96. The number of rotatable bonds is 2. The van der Waals surface area contributed by atoms with E-state index in [0.29, 0.717) is 24.2 Å². The largest absolute Gasteiger partial charge is 0.327 e. The van der Waals surface area contributed by atoms with Gasteiger partial charge in [0.1, 0.15) is 6.04 Å². The minimum Gasteiger partial charge on any atom is -0.327 e. The SMILES string of the molecule is O=C(Cc1cccs1)N1C(=O)[C@H]2CCCN2C(=O)c2ccccc21. The van der Waals surface area contributed by atoms with Crippen molar-refractivity contribution in [2.45, 2.75) is 25.3 Å². The Kier molecular flexibility index (Phi) is 3.69. The number of amides is 3. The Labute approximate surface area is 143 Å². The average Bonchev–Trinajstić information content (AvgIpc) is 3.24. The van der Waals surface area contributed by atoms with Crippen molar-refractivity contribution < 1.29 is 14.4 Å². The number of anilines is 1. The van der Waals surface area contributed by atoms with Crippen molar-refractivity contribution in [3.8, 4) is 0 Å². The van der Waals surface area contributed by atoms with Gasteiger partial charge in [-0.15, -0.1) is 11.3 Å². The molecule has 0 aliphatic carbocycles. The zero-order chi connectivity index (χ0) is 16.7. The van der Waals surface area contributed by atoms with E-state index in [9.17, 15) is 14.4 Å². The molecule has 1 aromatic carbocycles. The van der Waals surface area contributed by atoms with Gasteiger partial charge in [0.2, 0.25) is 5.91 Å². The topological polar surface area (TPSA) is 57.7 Å². The monoisotopic (exact) mass is 340 g/mol. The summed E-state index contributed by atoms with van der Waals surface area (Å²) in [7, 11) is 0. The van der Waals surface area contributed by atoms with Crippen molar-refractivity contribution in [1.82, 2.24) is 4.90 Å². The molecule has 3 heterocycles. The second-order valence-corrected chi connectivity index (χ2v) is 7.03. The molecule has 0 N–H and O–H groups in total. The van der Waals surface area contributed by atoms with E-state index in [-0.39, 0.29) is 24.1 Å². The van der Waals surface area contributed by atoms with Gasteiger partial charge in [0, 0.05) is 11.4 Å². The first kappa shape index (κ1) is 15.1. The minimum absolute atomic E-state index is 0.159. The third-order valence-corrected chi connectivity index (χ3v) is 5.43. The van der Waals surface area contributed by atoms with Crippen LogP contribution in [0.15, 0.2) is 41.8 Å². The number of nitrogens with zero attached hydrogens (tertiary/aromatic N) is 2. The smallest absolute Gasteiger partial charge is 0.256 e. The summed E-state index contributed by atoms with van der Waals surface area (Å²) in [5, 5.41) is 1.91. The molecule has 5 nitrogen and oxygen atoms in total. The summed E-state index contributed by atoms with van der Waals surface area (Å²) in [6.45, 7) is 0.566. The molecule has 1 saturated heterocycles. The van der Waals surface area contributed by atoms with Gasteiger partial charge in [-0.1, -0.05) is 18.2 Å². The van der Waals surface area contributed by atoms with Gasteiger partial charge in [-0.05, 0) is 36.4 Å². The molecule has 0 bridgehead atoms. The molecule has 0 saturated carbocycles. The highest BCUT2D eigenvalue weighted by atomic mass is 32.1. The number of benzene rings is 1. The third-order valence-electron chi connectivity index (χ3n) is 4.55. The van der Waals surface area contributed by atoms with E-state index < -0.39 is 6.04 Å². The van der Waals surface area contributed by atoms with Crippen LogP contribution in [0.2, 0.25) is 0 Å². The summed E-state index contributed by atoms with van der Waals surface area (Å²) in [5.41, 5.74) is 0.832. The molecule has 0 radical (unpaired) electrons. The summed E-state index contributed by atoms with van der Waals surface area (Å²) in [5.74, 6) is -0.725.